The molecule has 0 saturated carbocycles. The zero-order valence-electron chi connectivity index (χ0n) is 31.8. The Morgan fingerprint density at radius 1 is 0.792 bits per heavy atom. The molecule has 0 N–H and O–H groups in total. The van der Waals surface area contributed by atoms with Crippen molar-refractivity contribution in [2.75, 3.05) is 0 Å². The number of halogens is 1. The maximum atomic E-state index is 7.05. The molecule has 1 aromatic rings. The van der Waals surface area contributed by atoms with Crippen LogP contribution < -0.4 is 0 Å². The number of benzene rings is 1. The van der Waals surface area contributed by atoms with Gasteiger partial charge < -0.3 is 0 Å². The smallest absolute Gasteiger partial charge is 0.0546 e. The molecule has 0 heterocycles. The van der Waals surface area contributed by atoms with E-state index in [0.29, 0.717) is 5.25 Å². The van der Waals surface area contributed by atoms with E-state index in [4.69, 9.17) is 11.6 Å². The molecule has 48 heavy (non-hydrogen) atoms. The van der Waals surface area contributed by atoms with E-state index in [0.717, 1.165) is 12.8 Å². The van der Waals surface area contributed by atoms with Crippen LogP contribution in [0.4, 0.5) is 0 Å². The van der Waals surface area contributed by atoms with Crippen LogP contribution >= 0.6 is 23.4 Å². The van der Waals surface area contributed by atoms with E-state index in [-0.39, 0.29) is 16.2 Å². The SMILES string of the molecule is CC(C=CC=C(C)C=CC1=C(C)CCCC1(C)C)=CC=CC=C(C)CCC(Cl)C(C)=CC(Sc1ccccc1)C1=C(C)CCCC1(C)C. The van der Waals surface area contributed by atoms with Crippen LogP contribution in [-0.2, 0) is 0 Å². The molecule has 2 aliphatic rings. The highest BCUT2D eigenvalue weighted by Gasteiger charge is 2.33. The lowest BCUT2D eigenvalue weighted by Gasteiger charge is -2.38. The Kier molecular flexibility index (Phi) is 15.9. The number of hydrogen-bond acceptors (Lipinski definition) is 1. The van der Waals surface area contributed by atoms with Gasteiger partial charge in [0.25, 0.3) is 0 Å². The number of allylic oxidation sites excluding steroid dienone is 16. The Hall–Kier alpha value is -2.48. The molecule has 3 rings (SSSR count). The summed E-state index contributed by atoms with van der Waals surface area (Å²) in [6.45, 7) is 23.0. The van der Waals surface area contributed by atoms with Crippen molar-refractivity contribution < 1.29 is 0 Å². The van der Waals surface area contributed by atoms with Gasteiger partial charge in [-0.2, -0.15) is 0 Å². The van der Waals surface area contributed by atoms with Crippen molar-refractivity contribution >= 4 is 23.4 Å². The van der Waals surface area contributed by atoms with Gasteiger partial charge in [0, 0.05) is 10.1 Å². The number of thioether (sulfide) groups is 1. The summed E-state index contributed by atoms with van der Waals surface area (Å²) in [4.78, 5) is 1.32. The van der Waals surface area contributed by atoms with Crippen LogP contribution in [0.2, 0.25) is 0 Å². The van der Waals surface area contributed by atoms with Crippen LogP contribution in [0.15, 0.2) is 141 Å². The second-order valence-corrected chi connectivity index (χ2v) is 17.3. The van der Waals surface area contributed by atoms with Gasteiger partial charge in [-0.15, -0.1) is 23.4 Å². The lowest BCUT2D eigenvalue weighted by Crippen LogP contribution is -2.27. The van der Waals surface area contributed by atoms with Gasteiger partial charge in [-0.3, -0.25) is 0 Å². The number of hydrogen-bond donors (Lipinski definition) is 0. The first-order chi connectivity index (χ1) is 22.7. The molecular formula is C46H63ClS. The van der Waals surface area contributed by atoms with Crippen LogP contribution in [0.1, 0.15) is 121 Å². The van der Waals surface area contributed by atoms with E-state index >= 15 is 0 Å². The molecule has 260 valence electrons. The van der Waals surface area contributed by atoms with Crippen molar-refractivity contribution in [1.82, 2.24) is 0 Å². The molecule has 0 fully saturated rings. The minimum absolute atomic E-state index is 0.0253. The van der Waals surface area contributed by atoms with Gasteiger partial charge in [0.1, 0.15) is 0 Å². The fourth-order valence-corrected chi connectivity index (χ4v) is 8.93. The first-order valence-corrected chi connectivity index (χ1v) is 19.5. The summed E-state index contributed by atoms with van der Waals surface area (Å²) in [5.74, 6) is 0. The summed E-state index contributed by atoms with van der Waals surface area (Å²) >= 11 is 9.02. The summed E-state index contributed by atoms with van der Waals surface area (Å²) in [7, 11) is 0. The molecule has 2 aliphatic carbocycles. The molecule has 0 bridgehead atoms. The summed E-state index contributed by atoms with van der Waals surface area (Å²) in [6.07, 6.45) is 31.8. The van der Waals surface area contributed by atoms with E-state index in [1.54, 1.807) is 16.7 Å². The zero-order valence-corrected chi connectivity index (χ0v) is 33.3. The standard InChI is InChI=1S/C46H63ClS/c1-34(21-16-22-36(3)27-29-41-37(4)23-17-31-45(41,7)8)19-14-15-20-35(2)28-30-42(47)39(6)33-43(48-40-25-12-11-13-26-40)44-38(5)24-18-32-46(44,9)10/h11-16,19-22,25-27,29,33,42-43H,17-18,23-24,28,30-32H2,1-10H3. The third-order valence-electron chi connectivity index (χ3n) is 10.2. The van der Waals surface area contributed by atoms with E-state index in [1.807, 2.05) is 11.8 Å². The second kappa shape index (κ2) is 19.1. The second-order valence-electron chi connectivity index (χ2n) is 15.5. The van der Waals surface area contributed by atoms with Gasteiger partial charge >= 0.3 is 0 Å². The fraction of sp³-hybridized carbons (Fsp3) is 0.478. The summed E-state index contributed by atoms with van der Waals surface area (Å²) < 4.78 is 0. The van der Waals surface area contributed by atoms with Crippen LogP contribution in [0.25, 0.3) is 0 Å². The molecule has 2 heteroatoms. The van der Waals surface area contributed by atoms with Crippen molar-refractivity contribution in [3.63, 3.8) is 0 Å². The van der Waals surface area contributed by atoms with Gasteiger partial charge in [-0.05, 0) is 127 Å². The van der Waals surface area contributed by atoms with Gasteiger partial charge in [0.15, 0.2) is 0 Å². The van der Waals surface area contributed by atoms with Gasteiger partial charge in [0.2, 0.25) is 0 Å². The zero-order chi connectivity index (χ0) is 35.3. The third-order valence-corrected chi connectivity index (χ3v) is 11.9. The van der Waals surface area contributed by atoms with E-state index in [9.17, 15) is 0 Å². The largest absolute Gasteiger partial charge is 0.118 e. The van der Waals surface area contributed by atoms with Gasteiger partial charge in [-0.25, -0.2) is 0 Å². The van der Waals surface area contributed by atoms with Crippen LogP contribution in [0, 0.1) is 10.8 Å². The Labute approximate surface area is 304 Å². The predicted octanol–water partition coefficient (Wildman–Crippen LogP) is 15.0. The highest BCUT2D eigenvalue weighted by Crippen LogP contribution is 2.47. The normalized spacial score (nSPS) is 21.2. The molecule has 0 aliphatic heterocycles. The first kappa shape index (κ1) is 40.0. The molecule has 0 nitrogen and oxygen atoms in total. The molecule has 2 unspecified atom stereocenters. The third kappa shape index (κ3) is 12.8. The van der Waals surface area contributed by atoms with Crippen LogP contribution in [-0.4, -0.2) is 10.6 Å². The minimum atomic E-state index is 0.0253. The molecule has 0 amide bonds. The van der Waals surface area contributed by atoms with Gasteiger partial charge in [0.05, 0.1) is 5.38 Å². The summed E-state index contributed by atoms with van der Waals surface area (Å²) in [5.41, 5.74) is 11.8. The molecule has 0 spiro atoms. The molecule has 1 aromatic carbocycles. The summed E-state index contributed by atoms with van der Waals surface area (Å²) in [6, 6.07) is 10.8. The Morgan fingerprint density at radius 2 is 1.40 bits per heavy atom. The van der Waals surface area contributed by atoms with Crippen molar-refractivity contribution in [2.24, 2.45) is 10.8 Å². The van der Waals surface area contributed by atoms with E-state index < -0.39 is 0 Å². The van der Waals surface area contributed by atoms with E-state index in [1.165, 1.54) is 71.3 Å². The van der Waals surface area contributed by atoms with Crippen LogP contribution in [0.3, 0.4) is 0 Å². The Balaban J connectivity index is 1.57. The van der Waals surface area contributed by atoms with Crippen molar-refractivity contribution in [1.29, 1.82) is 0 Å². The van der Waals surface area contributed by atoms with Gasteiger partial charge in [-0.1, -0.05) is 140 Å². The molecular weight excluding hydrogens is 620 g/mol. The molecule has 0 radical (unpaired) electrons. The summed E-state index contributed by atoms with van der Waals surface area (Å²) in [5, 5.41) is 0.330. The molecule has 0 saturated heterocycles. The highest BCUT2D eigenvalue weighted by atomic mass is 35.5. The minimum Gasteiger partial charge on any atom is -0.118 e. The quantitative estimate of drug-likeness (QED) is 0.0814. The number of rotatable bonds is 14. The van der Waals surface area contributed by atoms with Crippen LogP contribution in [0.5, 0.6) is 0 Å². The Morgan fingerprint density at radius 3 is 2.06 bits per heavy atom. The average molecular weight is 684 g/mol. The lowest BCUT2D eigenvalue weighted by atomic mass is 9.71. The van der Waals surface area contributed by atoms with Crippen molar-refractivity contribution in [2.45, 2.75) is 136 Å². The number of alkyl halides is 1. The maximum absolute atomic E-state index is 7.05. The Bertz CT molecular complexity index is 1500. The van der Waals surface area contributed by atoms with Crippen molar-refractivity contribution in [3.8, 4) is 0 Å². The maximum Gasteiger partial charge on any atom is 0.0546 e. The monoisotopic (exact) mass is 682 g/mol. The molecule has 2 atom stereocenters. The topological polar surface area (TPSA) is 0 Å². The van der Waals surface area contributed by atoms with Crippen molar-refractivity contribution in [3.05, 3.63) is 136 Å². The average Bonchev–Trinajstić information content (AvgIpc) is 3.01. The fourth-order valence-electron chi connectivity index (χ4n) is 7.22. The predicted molar refractivity (Wildman–Crippen MR) is 218 cm³/mol. The lowest BCUT2D eigenvalue weighted by molar-refractivity contribution is 0.362. The molecule has 0 aromatic heterocycles. The van der Waals surface area contributed by atoms with E-state index in [2.05, 4.69) is 160 Å². The highest BCUT2D eigenvalue weighted by molar-refractivity contribution is 8.00. The first-order valence-electron chi connectivity index (χ1n) is 18.2.